The zero-order chi connectivity index (χ0) is 19.9. The first kappa shape index (κ1) is 20.1. The summed E-state index contributed by atoms with van der Waals surface area (Å²) in [5, 5.41) is 13.5. The van der Waals surface area contributed by atoms with Crippen molar-refractivity contribution in [2.24, 2.45) is 0 Å². The van der Waals surface area contributed by atoms with Crippen LogP contribution < -0.4 is 5.32 Å². The van der Waals surface area contributed by atoms with Gasteiger partial charge in [0.15, 0.2) is 6.29 Å². The molecule has 0 unspecified atom stereocenters. The van der Waals surface area contributed by atoms with Crippen LogP contribution in [0.1, 0.15) is 51.8 Å². The van der Waals surface area contributed by atoms with E-state index in [1.54, 1.807) is 11.3 Å². The number of hydrogen-bond acceptors (Lipinski definition) is 5. The number of aryl methyl sites for hydroxylation is 1. The average Bonchev–Trinajstić information content (AvgIpc) is 3.24. The summed E-state index contributed by atoms with van der Waals surface area (Å²) in [7, 11) is 0. The van der Waals surface area contributed by atoms with Crippen LogP contribution in [-0.4, -0.2) is 29.6 Å². The van der Waals surface area contributed by atoms with Gasteiger partial charge in [0.05, 0.1) is 0 Å². The maximum absolute atomic E-state index is 11.5. The number of benzene rings is 1. The van der Waals surface area contributed by atoms with Gasteiger partial charge in [0.1, 0.15) is 10.0 Å². The van der Waals surface area contributed by atoms with E-state index in [0.29, 0.717) is 0 Å². The maximum atomic E-state index is 11.5. The largest absolute Gasteiger partial charge is 0.313 e. The summed E-state index contributed by atoms with van der Waals surface area (Å²) in [6, 6.07) is 6.02. The molecule has 0 radical (unpaired) electrons. The van der Waals surface area contributed by atoms with E-state index in [1.807, 2.05) is 31.2 Å². The van der Waals surface area contributed by atoms with Gasteiger partial charge < -0.3 is 5.32 Å². The van der Waals surface area contributed by atoms with Gasteiger partial charge in [0, 0.05) is 17.7 Å². The molecule has 0 saturated carbocycles. The van der Waals surface area contributed by atoms with Crippen molar-refractivity contribution in [3.05, 3.63) is 75.8 Å². The molecule has 1 aromatic carbocycles. The van der Waals surface area contributed by atoms with Crippen molar-refractivity contribution in [1.29, 1.82) is 0 Å². The van der Waals surface area contributed by atoms with E-state index in [-0.39, 0.29) is 0 Å². The van der Waals surface area contributed by atoms with E-state index >= 15 is 0 Å². The van der Waals surface area contributed by atoms with Gasteiger partial charge in [-0.1, -0.05) is 61.3 Å². The molecule has 0 amide bonds. The fourth-order valence-corrected chi connectivity index (χ4v) is 3.86. The molecule has 1 aromatic heterocycles. The van der Waals surface area contributed by atoms with Crippen molar-refractivity contribution in [2.45, 2.75) is 26.7 Å². The van der Waals surface area contributed by atoms with Gasteiger partial charge in [-0.15, -0.1) is 10.2 Å². The molecule has 0 fully saturated rings. The van der Waals surface area contributed by atoms with Crippen LogP contribution in [0.25, 0.3) is 16.7 Å². The van der Waals surface area contributed by atoms with Crippen molar-refractivity contribution in [3.8, 4) is 0 Å². The zero-order valence-corrected chi connectivity index (χ0v) is 17.2. The highest BCUT2D eigenvalue weighted by Crippen LogP contribution is 2.28. The third-order valence-electron chi connectivity index (χ3n) is 4.74. The van der Waals surface area contributed by atoms with Gasteiger partial charge in [0.2, 0.25) is 0 Å². The smallest absolute Gasteiger partial charge is 0.150 e. The van der Waals surface area contributed by atoms with Gasteiger partial charge in [0.25, 0.3) is 0 Å². The first-order valence-corrected chi connectivity index (χ1v) is 10.3. The number of rotatable bonds is 7. The van der Waals surface area contributed by atoms with Gasteiger partial charge >= 0.3 is 0 Å². The average molecular weight is 392 g/mol. The Balaban J connectivity index is 1.87. The molecule has 0 spiro atoms. The summed E-state index contributed by atoms with van der Waals surface area (Å²) in [5.41, 5.74) is 6.00. The molecule has 1 aliphatic rings. The number of aromatic nitrogens is 2. The molecule has 2 aromatic rings. The Labute approximate surface area is 170 Å². The van der Waals surface area contributed by atoms with Crippen LogP contribution in [0.4, 0.5) is 0 Å². The predicted molar refractivity (Wildman–Crippen MR) is 118 cm³/mol. The van der Waals surface area contributed by atoms with E-state index < -0.39 is 0 Å². The van der Waals surface area contributed by atoms with E-state index in [9.17, 15) is 4.79 Å². The Morgan fingerprint density at radius 1 is 1.32 bits per heavy atom. The molecule has 3 rings (SSSR count). The molecule has 28 heavy (non-hydrogen) atoms. The molecule has 1 aliphatic heterocycles. The molecule has 144 valence electrons. The molecular weight excluding hydrogens is 366 g/mol. The first-order chi connectivity index (χ1) is 13.7. The predicted octanol–water partition coefficient (Wildman–Crippen LogP) is 4.96. The molecule has 0 atom stereocenters. The molecule has 0 saturated heterocycles. The number of carbonyl (C=O) groups is 1. The van der Waals surface area contributed by atoms with Crippen LogP contribution in [-0.2, 0) is 6.42 Å². The Kier molecular flexibility index (Phi) is 6.85. The summed E-state index contributed by atoms with van der Waals surface area (Å²) in [6.07, 6.45) is 11.0. The van der Waals surface area contributed by atoms with Gasteiger partial charge in [-0.25, -0.2) is 0 Å². The summed E-state index contributed by atoms with van der Waals surface area (Å²) in [5.74, 6) is 0. The van der Waals surface area contributed by atoms with Gasteiger partial charge in [-0.05, 0) is 54.6 Å². The maximum Gasteiger partial charge on any atom is 0.150 e. The van der Waals surface area contributed by atoms with Gasteiger partial charge in [-0.2, -0.15) is 0 Å². The topological polar surface area (TPSA) is 54.9 Å². The second kappa shape index (κ2) is 9.53. The lowest BCUT2D eigenvalue weighted by molar-refractivity contribution is 0.112. The van der Waals surface area contributed by atoms with E-state index in [0.717, 1.165) is 70.1 Å². The van der Waals surface area contributed by atoms with Crippen LogP contribution in [0, 0.1) is 0 Å². The Morgan fingerprint density at radius 2 is 2.18 bits per heavy atom. The van der Waals surface area contributed by atoms with Crippen LogP contribution >= 0.6 is 11.3 Å². The van der Waals surface area contributed by atoms with E-state index in [1.165, 1.54) is 5.57 Å². The minimum atomic E-state index is 0.738. The second-order valence-electron chi connectivity index (χ2n) is 6.56. The van der Waals surface area contributed by atoms with Crippen molar-refractivity contribution in [2.75, 3.05) is 13.1 Å². The number of allylic oxidation sites excluding steroid dienone is 5. The summed E-state index contributed by atoms with van der Waals surface area (Å²) < 4.78 is 0. The third-order valence-corrected chi connectivity index (χ3v) is 5.89. The SMILES string of the molecule is C=C(/C=C\C(=C/C)c1ccc(C=O)c(C2=CCNCC2)c1)c1nnc(CC)s1. The Bertz CT molecular complexity index is 966. The van der Waals surface area contributed by atoms with Gasteiger partial charge in [-0.3, -0.25) is 4.79 Å². The number of nitrogens with one attached hydrogen (secondary N) is 1. The van der Waals surface area contributed by atoms with Crippen molar-refractivity contribution >= 4 is 34.3 Å². The second-order valence-corrected chi connectivity index (χ2v) is 7.62. The monoisotopic (exact) mass is 391 g/mol. The summed E-state index contributed by atoms with van der Waals surface area (Å²) in [4.78, 5) is 11.5. The third kappa shape index (κ3) is 4.61. The number of nitrogens with zero attached hydrogens (tertiary/aromatic N) is 2. The molecule has 0 bridgehead atoms. The van der Waals surface area contributed by atoms with Crippen LogP contribution in [0.5, 0.6) is 0 Å². The molecule has 5 heteroatoms. The lowest BCUT2D eigenvalue weighted by Crippen LogP contribution is -2.20. The normalized spacial score (nSPS) is 14.9. The highest BCUT2D eigenvalue weighted by Gasteiger charge is 2.12. The van der Waals surface area contributed by atoms with Crippen LogP contribution in [0.15, 0.2) is 49.1 Å². The quantitative estimate of drug-likeness (QED) is 0.535. The standard InChI is InChI=1S/C23H25N3OS/c1-4-17(7-6-16(3)23-26-25-22(5-2)28-23)19-8-9-20(15-27)21(14-19)18-10-12-24-13-11-18/h4,6-10,14-15,24H,3,5,11-13H2,1-2H3/b7-6-,17-4+. The van der Waals surface area contributed by atoms with Crippen LogP contribution in [0.2, 0.25) is 0 Å². The number of aldehydes is 1. The Hall–Kier alpha value is -2.63. The molecule has 1 N–H and O–H groups in total. The minimum Gasteiger partial charge on any atom is -0.313 e. The summed E-state index contributed by atoms with van der Waals surface area (Å²) in [6.45, 7) is 9.98. The highest BCUT2D eigenvalue weighted by atomic mass is 32.1. The minimum absolute atomic E-state index is 0.738. The molecule has 2 heterocycles. The lowest BCUT2D eigenvalue weighted by Gasteiger charge is -2.17. The lowest BCUT2D eigenvalue weighted by atomic mass is 9.92. The zero-order valence-electron chi connectivity index (χ0n) is 16.4. The molecule has 0 aliphatic carbocycles. The number of carbonyl (C=O) groups excluding carboxylic acids is 1. The fraction of sp³-hybridized carbons (Fsp3) is 0.261. The first-order valence-electron chi connectivity index (χ1n) is 9.52. The summed E-state index contributed by atoms with van der Waals surface area (Å²) >= 11 is 1.58. The number of hydrogen-bond donors (Lipinski definition) is 1. The van der Waals surface area contributed by atoms with E-state index in [4.69, 9.17) is 0 Å². The highest BCUT2D eigenvalue weighted by molar-refractivity contribution is 7.12. The van der Waals surface area contributed by atoms with Crippen LogP contribution in [0.3, 0.4) is 0 Å². The fourth-order valence-electron chi connectivity index (χ4n) is 3.13. The molecule has 4 nitrogen and oxygen atoms in total. The van der Waals surface area contributed by atoms with Crippen molar-refractivity contribution < 1.29 is 4.79 Å². The molecular formula is C23H25N3OS. The Morgan fingerprint density at radius 3 is 2.82 bits per heavy atom. The van der Waals surface area contributed by atoms with Crippen molar-refractivity contribution in [1.82, 2.24) is 15.5 Å². The van der Waals surface area contributed by atoms with E-state index in [2.05, 4.69) is 47.2 Å². The van der Waals surface area contributed by atoms with Crippen molar-refractivity contribution in [3.63, 3.8) is 0 Å².